The number of hydrogen-bond donors (Lipinski definition) is 2. The zero-order chi connectivity index (χ0) is 14.3. The first kappa shape index (κ1) is 15.6. The molecule has 0 unspecified atom stereocenters. The summed E-state index contributed by atoms with van der Waals surface area (Å²) < 4.78 is 5.08. The number of hydrogen-bond acceptors (Lipinski definition) is 3. The highest BCUT2D eigenvalue weighted by molar-refractivity contribution is 6.32. The maximum Gasteiger partial charge on any atom is 0.193 e. The van der Waals surface area contributed by atoms with Crippen LogP contribution in [0.15, 0.2) is 23.2 Å². The first-order valence-corrected chi connectivity index (χ1v) is 6.53. The van der Waals surface area contributed by atoms with Crippen molar-refractivity contribution in [1.29, 1.82) is 0 Å². The molecule has 0 aliphatic rings. The van der Waals surface area contributed by atoms with Gasteiger partial charge in [0.2, 0.25) is 0 Å². The van der Waals surface area contributed by atoms with Crippen LogP contribution in [-0.4, -0.2) is 44.7 Å². The van der Waals surface area contributed by atoms with Gasteiger partial charge in [-0.2, -0.15) is 0 Å². The number of rotatable bonds is 6. The lowest BCUT2D eigenvalue weighted by Gasteiger charge is -2.12. The minimum Gasteiger partial charge on any atom is -0.495 e. The Labute approximate surface area is 119 Å². The van der Waals surface area contributed by atoms with Crippen LogP contribution in [0.25, 0.3) is 0 Å². The normalized spacial score (nSPS) is 11.7. The molecule has 5 nitrogen and oxygen atoms in total. The zero-order valence-corrected chi connectivity index (χ0v) is 12.4. The molecular formula is C13H21ClN4O. The second-order valence-electron chi connectivity index (χ2n) is 4.14. The molecule has 0 saturated carbocycles. The summed E-state index contributed by atoms with van der Waals surface area (Å²) in [7, 11) is 3.62. The molecule has 106 valence electrons. The lowest BCUT2D eigenvalue weighted by atomic mass is 10.3. The summed E-state index contributed by atoms with van der Waals surface area (Å²) in [6.45, 7) is 4.64. The van der Waals surface area contributed by atoms with Gasteiger partial charge in [-0.05, 0) is 31.8 Å². The summed E-state index contributed by atoms with van der Waals surface area (Å²) in [4.78, 5) is 6.41. The minimum atomic E-state index is 0.380. The number of ether oxygens (including phenoxy) is 1. The number of nitrogens with zero attached hydrogens (tertiary/aromatic N) is 2. The predicted molar refractivity (Wildman–Crippen MR) is 81.3 cm³/mol. The molecule has 0 heterocycles. The number of likely N-dealkylation sites (N-methyl/N-ethyl adjacent to an activating group) is 1. The van der Waals surface area contributed by atoms with Gasteiger partial charge in [0.15, 0.2) is 5.96 Å². The standard InChI is InChI=1S/C13H21ClN4O/c1-4-18(2)8-7-16-13(15)17-10-5-6-12(19-3)11(14)9-10/h5-6,9H,4,7-8H2,1-3H3,(H3,15,16,17). The number of nitrogens with one attached hydrogen (secondary N) is 1. The summed E-state index contributed by atoms with van der Waals surface area (Å²) >= 11 is 6.03. The molecule has 0 aliphatic heterocycles. The maximum atomic E-state index is 6.03. The van der Waals surface area contributed by atoms with E-state index in [2.05, 4.69) is 22.1 Å². The van der Waals surface area contributed by atoms with Gasteiger partial charge >= 0.3 is 0 Å². The van der Waals surface area contributed by atoms with E-state index >= 15 is 0 Å². The van der Waals surface area contributed by atoms with E-state index in [-0.39, 0.29) is 0 Å². The monoisotopic (exact) mass is 284 g/mol. The Balaban J connectivity index is 2.54. The van der Waals surface area contributed by atoms with Gasteiger partial charge in [0.1, 0.15) is 5.75 Å². The molecule has 0 atom stereocenters. The number of halogens is 1. The highest BCUT2D eigenvalue weighted by Crippen LogP contribution is 2.26. The van der Waals surface area contributed by atoms with Gasteiger partial charge in [-0.1, -0.05) is 18.5 Å². The van der Waals surface area contributed by atoms with Gasteiger partial charge in [-0.25, -0.2) is 0 Å². The molecule has 0 saturated heterocycles. The first-order chi connectivity index (χ1) is 9.06. The van der Waals surface area contributed by atoms with E-state index in [4.69, 9.17) is 22.1 Å². The number of nitrogens with two attached hydrogens (primary N) is 1. The second kappa shape index (κ2) is 7.86. The van der Waals surface area contributed by atoms with Crippen molar-refractivity contribution < 1.29 is 4.74 Å². The molecule has 0 spiro atoms. The average molecular weight is 285 g/mol. The molecule has 6 heteroatoms. The Morgan fingerprint density at radius 2 is 2.26 bits per heavy atom. The maximum absolute atomic E-state index is 6.03. The van der Waals surface area contributed by atoms with Crippen LogP contribution in [0.5, 0.6) is 5.75 Å². The third-order valence-corrected chi connectivity index (χ3v) is 3.02. The Morgan fingerprint density at radius 3 is 2.84 bits per heavy atom. The van der Waals surface area contributed by atoms with E-state index in [1.165, 1.54) is 0 Å². The molecule has 0 bridgehead atoms. The highest BCUT2D eigenvalue weighted by Gasteiger charge is 2.02. The summed E-state index contributed by atoms with van der Waals surface area (Å²) in [6.07, 6.45) is 0. The van der Waals surface area contributed by atoms with Crippen LogP contribution in [-0.2, 0) is 0 Å². The average Bonchev–Trinajstić information content (AvgIpc) is 2.38. The smallest absolute Gasteiger partial charge is 0.193 e. The minimum absolute atomic E-state index is 0.380. The molecule has 1 rings (SSSR count). The molecular weight excluding hydrogens is 264 g/mol. The molecule has 1 aromatic carbocycles. The highest BCUT2D eigenvalue weighted by atomic mass is 35.5. The van der Waals surface area contributed by atoms with Gasteiger partial charge in [-0.15, -0.1) is 0 Å². The van der Waals surface area contributed by atoms with E-state index in [1.54, 1.807) is 19.2 Å². The fraction of sp³-hybridized carbons (Fsp3) is 0.462. The molecule has 0 aliphatic carbocycles. The van der Waals surface area contributed by atoms with E-state index in [9.17, 15) is 0 Å². The summed E-state index contributed by atoms with van der Waals surface area (Å²) in [5.41, 5.74) is 6.59. The molecule has 1 aromatic rings. The molecule has 19 heavy (non-hydrogen) atoms. The Morgan fingerprint density at radius 1 is 1.53 bits per heavy atom. The number of anilines is 1. The lowest BCUT2D eigenvalue weighted by molar-refractivity contribution is 0.363. The van der Waals surface area contributed by atoms with Crippen molar-refractivity contribution in [3.8, 4) is 5.75 Å². The van der Waals surface area contributed by atoms with Crippen molar-refractivity contribution in [3.05, 3.63) is 23.2 Å². The van der Waals surface area contributed by atoms with E-state index < -0.39 is 0 Å². The SMILES string of the molecule is CCN(C)CCN=C(N)Nc1ccc(OC)c(Cl)c1. The predicted octanol–water partition coefficient (Wildman–Crippen LogP) is 2.03. The molecule has 0 aromatic heterocycles. The van der Waals surface area contributed by atoms with E-state index in [1.807, 2.05) is 13.1 Å². The third kappa shape index (κ3) is 5.36. The number of benzene rings is 1. The van der Waals surface area contributed by atoms with Crippen LogP contribution >= 0.6 is 11.6 Å². The van der Waals surface area contributed by atoms with Gasteiger partial charge in [-0.3, -0.25) is 4.99 Å². The number of guanidine groups is 1. The summed E-state index contributed by atoms with van der Waals surface area (Å²) in [5.74, 6) is 1.01. The zero-order valence-electron chi connectivity index (χ0n) is 11.6. The van der Waals surface area contributed by atoms with Crippen LogP contribution < -0.4 is 15.8 Å². The van der Waals surface area contributed by atoms with Crippen molar-refractivity contribution in [2.24, 2.45) is 10.7 Å². The van der Waals surface area contributed by atoms with Crippen molar-refractivity contribution in [2.45, 2.75) is 6.92 Å². The summed E-state index contributed by atoms with van der Waals surface area (Å²) in [6, 6.07) is 5.37. The van der Waals surface area contributed by atoms with Crippen molar-refractivity contribution in [1.82, 2.24) is 4.90 Å². The Bertz CT molecular complexity index is 437. The molecule has 0 fully saturated rings. The van der Waals surface area contributed by atoms with Crippen molar-refractivity contribution in [3.63, 3.8) is 0 Å². The van der Waals surface area contributed by atoms with Crippen LogP contribution in [0.4, 0.5) is 5.69 Å². The van der Waals surface area contributed by atoms with Crippen LogP contribution in [0.1, 0.15) is 6.92 Å². The number of aliphatic imine (C=N–C) groups is 1. The first-order valence-electron chi connectivity index (χ1n) is 6.15. The molecule has 0 radical (unpaired) electrons. The van der Waals surface area contributed by atoms with Crippen molar-refractivity contribution >= 4 is 23.2 Å². The van der Waals surface area contributed by atoms with Crippen LogP contribution in [0, 0.1) is 0 Å². The van der Waals surface area contributed by atoms with Gasteiger partial charge in [0, 0.05) is 12.2 Å². The topological polar surface area (TPSA) is 62.9 Å². The third-order valence-electron chi connectivity index (χ3n) is 2.73. The lowest BCUT2D eigenvalue weighted by Crippen LogP contribution is -2.26. The van der Waals surface area contributed by atoms with Gasteiger partial charge in [0.25, 0.3) is 0 Å². The number of methoxy groups -OCH3 is 1. The van der Waals surface area contributed by atoms with Crippen LogP contribution in [0.2, 0.25) is 5.02 Å². The van der Waals surface area contributed by atoms with E-state index in [0.29, 0.717) is 23.3 Å². The Kier molecular flexibility index (Phi) is 6.45. The molecule has 3 N–H and O–H groups in total. The van der Waals surface area contributed by atoms with Crippen LogP contribution in [0.3, 0.4) is 0 Å². The molecule has 0 amide bonds. The van der Waals surface area contributed by atoms with Crippen molar-refractivity contribution in [2.75, 3.05) is 39.1 Å². The largest absolute Gasteiger partial charge is 0.495 e. The quantitative estimate of drug-likeness (QED) is 0.620. The fourth-order valence-corrected chi connectivity index (χ4v) is 1.69. The van der Waals surface area contributed by atoms with Gasteiger partial charge < -0.3 is 20.7 Å². The summed E-state index contributed by atoms with van der Waals surface area (Å²) in [5, 5.41) is 3.53. The fourth-order valence-electron chi connectivity index (χ4n) is 1.43. The van der Waals surface area contributed by atoms with E-state index in [0.717, 1.165) is 18.8 Å². The van der Waals surface area contributed by atoms with Gasteiger partial charge in [0.05, 0.1) is 18.7 Å². The Hall–Kier alpha value is -1.46. The second-order valence-corrected chi connectivity index (χ2v) is 4.54.